The smallest absolute Gasteiger partial charge is 0.306 e. The van der Waals surface area contributed by atoms with Crippen molar-refractivity contribution in [3.63, 3.8) is 0 Å². The molecule has 0 spiro atoms. The number of aliphatic hydroxyl groups excluding tert-OH is 1. The Morgan fingerprint density at radius 3 is 2.10 bits per heavy atom. The number of carboxylic acid groups (broad SMARTS) is 2. The largest absolute Gasteiger partial charge is 0.481 e. The molecule has 9 heteroatoms. The molecule has 1 rings (SSSR count). The molecule has 4 N–H and O–H groups in total. The lowest BCUT2D eigenvalue weighted by molar-refractivity contribution is -0.386. The van der Waals surface area contributed by atoms with E-state index >= 15 is 0 Å². The molecule has 1 aromatic carbocycles. The summed E-state index contributed by atoms with van der Waals surface area (Å²) in [7, 11) is 0. The average Bonchev–Trinajstić information content (AvgIpc) is 2.35. The van der Waals surface area contributed by atoms with Crippen molar-refractivity contribution in [2.24, 2.45) is 0 Å². The first-order chi connectivity index (χ1) is 9.67. The van der Waals surface area contributed by atoms with Crippen LogP contribution in [0.3, 0.4) is 0 Å². The molecule has 0 aliphatic carbocycles. The van der Waals surface area contributed by atoms with Gasteiger partial charge in [-0.25, -0.2) is 0 Å². The summed E-state index contributed by atoms with van der Waals surface area (Å²) in [6.07, 6.45) is -4.19. The molecule has 21 heavy (non-hydrogen) atoms. The summed E-state index contributed by atoms with van der Waals surface area (Å²) in [6, 6.07) is 4.84. The summed E-state index contributed by atoms with van der Waals surface area (Å²) in [6.45, 7) is 0. The lowest BCUT2D eigenvalue weighted by atomic mass is 9.84. The van der Waals surface area contributed by atoms with E-state index in [1.807, 2.05) is 0 Å². The van der Waals surface area contributed by atoms with Crippen molar-refractivity contribution < 1.29 is 34.9 Å². The average molecular weight is 299 g/mol. The van der Waals surface area contributed by atoms with Gasteiger partial charge >= 0.3 is 11.9 Å². The van der Waals surface area contributed by atoms with Gasteiger partial charge in [-0.1, -0.05) is 12.1 Å². The molecule has 114 valence electrons. The minimum atomic E-state index is -2.57. The van der Waals surface area contributed by atoms with Crippen LogP contribution in [0.5, 0.6) is 0 Å². The number of nitrogens with zero attached hydrogens (tertiary/aromatic N) is 1. The Morgan fingerprint density at radius 2 is 1.67 bits per heavy atom. The molecule has 1 atom stereocenters. The Balaban J connectivity index is 3.28. The number of carbonyl (C=O) groups is 2. The quantitative estimate of drug-likeness (QED) is 0.413. The van der Waals surface area contributed by atoms with Gasteiger partial charge in [0.15, 0.2) is 0 Å². The SMILES string of the molecule is O=C(O)CC(O)(CC(=O)O)C(O)c1ccccc1[N+](=O)[O-]. The van der Waals surface area contributed by atoms with Crippen molar-refractivity contribution in [1.29, 1.82) is 0 Å². The highest BCUT2D eigenvalue weighted by molar-refractivity contribution is 5.73. The number of aliphatic hydroxyl groups is 2. The van der Waals surface area contributed by atoms with Gasteiger partial charge in [-0.3, -0.25) is 19.7 Å². The predicted molar refractivity (Wildman–Crippen MR) is 67.5 cm³/mol. The van der Waals surface area contributed by atoms with E-state index in [0.717, 1.165) is 12.1 Å². The normalized spacial score (nSPS) is 12.7. The highest BCUT2D eigenvalue weighted by Gasteiger charge is 2.43. The van der Waals surface area contributed by atoms with E-state index in [1.54, 1.807) is 0 Å². The molecular formula is C12H13NO8. The van der Waals surface area contributed by atoms with Gasteiger partial charge in [-0.15, -0.1) is 0 Å². The Bertz CT molecular complexity index is 554. The lowest BCUT2D eigenvalue weighted by Crippen LogP contribution is -2.41. The highest BCUT2D eigenvalue weighted by atomic mass is 16.6. The van der Waals surface area contributed by atoms with Gasteiger partial charge in [0.1, 0.15) is 11.7 Å². The van der Waals surface area contributed by atoms with Crippen LogP contribution in [0, 0.1) is 10.1 Å². The first-order valence-corrected chi connectivity index (χ1v) is 5.74. The zero-order valence-electron chi connectivity index (χ0n) is 10.7. The summed E-state index contributed by atoms with van der Waals surface area (Å²) in [5, 5.41) is 48.6. The first-order valence-electron chi connectivity index (χ1n) is 5.74. The van der Waals surface area contributed by atoms with Gasteiger partial charge in [0.05, 0.1) is 23.3 Å². The fourth-order valence-electron chi connectivity index (χ4n) is 1.95. The molecule has 0 saturated heterocycles. The third-order valence-corrected chi connectivity index (χ3v) is 2.85. The van der Waals surface area contributed by atoms with Gasteiger partial charge in [0.25, 0.3) is 5.69 Å². The molecule has 0 heterocycles. The van der Waals surface area contributed by atoms with Gasteiger partial charge < -0.3 is 20.4 Å². The number of hydrogen-bond donors (Lipinski definition) is 4. The summed E-state index contributed by atoms with van der Waals surface area (Å²) in [4.78, 5) is 31.6. The maximum absolute atomic E-state index is 10.9. The van der Waals surface area contributed by atoms with E-state index in [4.69, 9.17) is 10.2 Å². The van der Waals surface area contributed by atoms with Crippen molar-refractivity contribution in [1.82, 2.24) is 0 Å². The molecule has 0 aliphatic rings. The van der Waals surface area contributed by atoms with E-state index < -0.39 is 47.1 Å². The van der Waals surface area contributed by atoms with Crippen LogP contribution in [0.2, 0.25) is 0 Å². The molecular weight excluding hydrogens is 286 g/mol. The Hall–Kier alpha value is -2.52. The number of aliphatic carboxylic acids is 2. The van der Waals surface area contributed by atoms with Crippen LogP contribution in [0.15, 0.2) is 24.3 Å². The first kappa shape index (κ1) is 16.5. The van der Waals surface area contributed by atoms with E-state index in [2.05, 4.69) is 0 Å². The van der Waals surface area contributed by atoms with Crippen molar-refractivity contribution in [3.8, 4) is 0 Å². The third-order valence-electron chi connectivity index (χ3n) is 2.85. The van der Waals surface area contributed by atoms with Crippen molar-refractivity contribution in [2.45, 2.75) is 24.5 Å². The topological polar surface area (TPSA) is 158 Å². The van der Waals surface area contributed by atoms with Gasteiger partial charge in [0.2, 0.25) is 0 Å². The van der Waals surface area contributed by atoms with Crippen LogP contribution in [0.4, 0.5) is 5.69 Å². The molecule has 1 unspecified atom stereocenters. The van der Waals surface area contributed by atoms with Gasteiger partial charge in [-0.05, 0) is 6.07 Å². The lowest BCUT2D eigenvalue weighted by Gasteiger charge is -2.30. The zero-order chi connectivity index (χ0) is 16.2. The van der Waals surface area contributed by atoms with E-state index in [1.165, 1.54) is 12.1 Å². The van der Waals surface area contributed by atoms with Crippen LogP contribution < -0.4 is 0 Å². The summed E-state index contributed by atoms with van der Waals surface area (Å²) < 4.78 is 0. The molecule has 0 bridgehead atoms. The number of nitro benzene ring substituents is 1. The van der Waals surface area contributed by atoms with Gasteiger partial charge in [0, 0.05) is 6.07 Å². The van der Waals surface area contributed by atoms with Crippen LogP contribution in [0.25, 0.3) is 0 Å². The predicted octanol–water partition coefficient (Wildman–Crippen LogP) is 0.309. The molecule has 0 aliphatic heterocycles. The number of benzene rings is 1. The van der Waals surface area contributed by atoms with Gasteiger partial charge in [-0.2, -0.15) is 0 Å². The second-order valence-electron chi connectivity index (χ2n) is 4.46. The van der Waals surface area contributed by atoms with E-state index in [-0.39, 0.29) is 5.56 Å². The van der Waals surface area contributed by atoms with Crippen LogP contribution in [-0.2, 0) is 9.59 Å². The maximum atomic E-state index is 10.9. The number of rotatable bonds is 7. The van der Waals surface area contributed by atoms with Crippen molar-refractivity contribution in [3.05, 3.63) is 39.9 Å². The zero-order valence-corrected chi connectivity index (χ0v) is 10.7. The van der Waals surface area contributed by atoms with E-state index in [9.17, 15) is 29.9 Å². The molecule has 0 amide bonds. The van der Waals surface area contributed by atoms with Crippen LogP contribution in [0.1, 0.15) is 24.5 Å². The molecule has 9 nitrogen and oxygen atoms in total. The molecule has 0 saturated carbocycles. The van der Waals surface area contributed by atoms with Crippen molar-refractivity contribution in [2.75, 3.05) is 0 Å². The molecule has 0 aromatic heterocycles. The standard InChI is InChI=1S/C12H13NO8/c14-9(15)5-12(19,6-10(16)17)11(18)7-3-1-2-4-8(7)13(20)21/h1-4,11,18-19H,5-6H2,(H,14,15)(H,16,17). The summed E-state index contributed by atoms with van der Waals surface area (Å²) in [5.41, 5.74) is -3.46. The van der Waals surface area contributed by atoms with E-state index in [0.29, 0.717) is 0 Å². The maximum Gasteiger partial charge on any atom is 0.306 e. The van der Waals surface area contributed by atoms with Crippen LogP contribution in [-0.4, -0.2) is 42.9 Å². The Kier molecular flexibility index (Phi) is 4.95. The minimum Gasteiger partial charge on any atom is -0.481 e. The number of nitro groups is 1. The Morgan fingerprint density at radius 1 is 1.19 bits per heavy atom. The number of carboxylic acids is 2. The number of hydrogen-bond acceptors (Lipinski definition) is 6. The fraction of sp³-hybridized carbons (Fsp3) is 0.333. The minimum absolute atomic E-state index is 0.354. The monoisotopic (exact) mass is 299 g/mol. The van der Waals surface area contributed by atoms with Crippen LogP contribution >= 0.6 is 0 Å². The summed E-state index contributed by atoms with van der Waals surface area (Å²) >= 11 is 0. The Labute approximate surface area is 118 Å². The molecule has 0 radical (unpaired) electrons. The highest BCUT2D eigenvalue weighted by Crippen LogP contribution is 2.36. The third kappa shape index (κ3) is 3.97. The fourth-order valence-corrected chi connectivity index (χ4v) is 1.95. The van der Waals surface area contributed by atoms with Crippen molar-refractivity contribution >= 4 is 17.6 Å². The summed E-state index contributed by atoms with van der Waals surface area (Å²) in [5.74, 6) is -3.09. The second-order valence-corrected chi connectivity index (χ2v) is 4.46. The number of para-hydroxylation sites is 1. The molecule has 0 fully saturated rings. The molecule has 1 aromatic rings. The second kappa shape index (κ2) is 6.29.